The lowest BCUT2D eigenvalue weighted by Crippen LogP contribution is -2.33. The van der Waals surface area contributed by atoms with Gasteiger partial charge in [0.25, 0.3) is 0 Å². The van der Waals surface area contributed by atoms with E-state index in [0.29, 0.717) is 24.2 Å². The molecule has 0 fully saturated rings. The molecule has 0 saturated carbocycles. The number of fused-ring (bicyclic) bond motifs is 3. The fourth-order valence-electron chi connectivity index (χ4n) is 3.23. The third-order valence-corrected chi connectivity index (χ3v) is 6.17. The Morgan fingerprint density at radius 2 is 1.92 bits per heavy atom. The van der Waals surface area contributed by atoms with Crippen molar-refractivity contribution in [1.29, 1.82) is 0 Å². The molecule has 0 radical (unpaired) electrons. The molecule has 26 heavy (non-hydrogen) atoms. The van der Waals surface area contributed by atoms with E-state index in [0.717, 1.165) is 28.6 Å². The predicted molar refractivity (Wildman–Crippen MR) is 106 cm³/mol. The normalized spacial score (nSPS) is 15.2. The first-order chi connectivity index (χ1) is 12.6. The zero-order chi connectivity index (χ0) is 18.1. The molecule has 0 aliphatic heterocycles. The number of aromatic nitrogens is 3. The van der Waals surface area contributed by atoms with Crippen LogP contribution in [-0.2, 0) is 12.8 Å². The van der Waals surface area contributed by atoms with Gasteiger partial charge in [0.2, 0.25) is 5.88 Å². The lowest BCUT2D eigenvalue weighted by molar-refractivity contribution is 0.254. The Hall–Kier alpha value is -2.05. The van der Waals surface area contributed by atoms with Crippen LogP contribution in [0.4, 0.5) is 0 Å². The van der Waals surface area contributed by atoms with Crippen LogP contribution in [0.15, 0.2) is 24.5 Å². The maximum atomic E-state index is 6.20. The van der Waals surface area contributed by atoms with Crippen molar-refractivity contribution in [2.75, 3.05) is 6.61 Å². The summed E-state index contributed by atoms with van der Waals surface area (Å²) in [5, 5.41) is 1.10. The van der Waals surface area contributed by atoms with Gasteiger partial charge >= 0.3 is 0 Å². The van der Waals surface area contributed by atoms with Crippen molar-refractivity contribution in [3.63, 3.8) is 0 Å². The summed E-state index contributed by atoms with van der Waals surface area (Å²) in [5.41, 5.74) is 8.53. The largest absolute Gasteiger partial charge is 0.475 e. The molecule has 3 aromatic rings. The van der Waals surface area contributed by atoms with Gasteiger partial charge in [0, 0.05) is 28.9 Å². The molecule has 4 rings (SSSR count). The van der Waals surface area contributed by atoms with E-state index in [1.54, 1.807) is 23.7 Å². The summed E-state index contributed by atoms with van der Waals surface area (Å²) in [4.78, 5) is 16.2. The molecule has 1 aliphatic carbocycles. The average molecular weight is 369 g/mol. The number of thiophene rings is 1. The highest BCUT2D eigenvalue weighted by molar-refractivity contribution is 7.18. The van der Waals surface area contributed by atoms with Crippen LogP contribution >= 0.6 is 11.3 Å². The monoisotopic (exact) mass is 368 g/mol. The zero-order valence-corrected chi connectivity index (χ0v) is 16.1. The molecule has 0 aromatic carbocycles. The second-order valence-corrected chi connectivity index (χ2v) is 8.28. The van der Waals surface area contributed by atoms with E-state index < -0.39 is 0 Å². The molecule has 136 valence electrons. The Balaban J connectivity index is 1.81. The average Bonchev–Trinajstić information content (AvgIpc) is 3.05. The third kappa shape index (κ3) is 3.31. The van der Waals surface area contributed by atoms with E-state index in [9.17, 15) is 0 Å². The second kappa shape index (κ2) is 7.29. The van der Waals surface area contributed by atoms with Gasteiger partial charge in [0.15, 0.2) is 5.82 Å². The molecule has 3 aromatic heterocycles. The molecule has 0 spiro atoms. The quantitative estimate of drug-likeness (QED) is 0.737. The van der Waals surface area contributed by atoms with E-state index in [4.69, 9.17) is 20.4 Å². The van der Waals surface area contributed by atoms with Gasteiger partial charge in [-0.1, -0.05) is 13.8 Å². The van der Waals surface area contributed by atoms with Crippen LogP contribution in [-0.4, -0.2) is 27.6 Å². The summed E-state index contributed by atoms with van der Waals surface area (Å²) in [5.74, 6) is 1.73. The number of nitrogens with two attached hydrogens (primary N) is 1. The Bertz CT molecular complexity index is 907. The molecular formula is C20H24N4OS. The van der Waals surface area contributed by atoms with Crippen LogP contribution in [0.25, 0.3) is 21.6 Å². The van der Waals surface area contributed by atoms with Gasteiger partial charge < -0.3 is 10.5 Å². The van der Waals surface area contributed by atoms with Crippen LogP contribution in [0.5, 0.6) is 5.88 Å². The Morgan fingerprint density at radius 3 is 2.69 bits per heavy atom. The molecule has 0 amide bonds. The topological polar surface area (TPSA) is 73.9 Å². The number of hydrogen-bond acceptors (Lipinski definition) is 6. The summed E-state index contributed by atoms with van der Waals surface area (Å²) in [7, 11) is 0. The smallest absolute Gasteiger partial charge is 0.226 e. The number of nitrogens with zero attached hydrogens (tertiary/aromatic N) is 3. The highest BCUT2D eigenvalue weighted by Crippen LogP contribution is 2.40. The van der Waals surface area contributed by atoms with Gasteiger partial charge in [0.05, 0.1) is 5.39 Å². The van der Waals surface area contributed by atoms with E-state index in [1.165, 1.54) is 23.3 Å². The minimum Gasteiger partial charge on any atom is -0.475 e. The SMILES string of the molecule is CC(C)[C@H](N)COc1nc(-c2ccncc2)nc2sc3c(c12)CCCC3. The summed E-state index contributed by atoms with van der Waals surface area (Å²) in [6.07, 6.45) is 8.20. The van der Waals surface area contributed by atoms with Crippen LogP contribution in [0, 0.1) is 5.92 Å². The molecule has 1 atom stereocenters. The first-order valence-electron chi connectivity index (χ1n) is 9.24. The molecule has 0 unspecified atom stereocenters. The molecule has 0 bridgehead atoms. The maximum absolute atomic E-state index is 6.20. The predicted octanol–water partition coefficient (Wildman–Crippen LogP) is 3.99. The first kappa shape index (κ1) is 17.4. The molecule has 0 saturated heterocycles. The summed E-state index contributed by atoms with van der Waals surface area (Å²) < 4.78 is 6.14. The van der Waals surface area contributed by atoms with E-state index in [1.807, 2.05) is 12.1 Å². The zero-order valence-electron chi connectivity index (χ0n) is 15.2. The van der Waals surface area contributed by atoms with E-state index in [-0.39, 0.29) is 6.04 Å². The van der Waals surface area contributed by atoms with Gasteiger partial charge in [-0.15, -0.1) is 11.3 Å². The molecule has 5 nitrogen and oxygen atoms in total. The molecular weight excluding hydrogens is 344 g/mol. The Labute approximate surface area is 157 Å². The van der Waals surface area contributed by atoms with Crippen LogP contribution in [0.1, 0.15) is 37.1 Å². The van der Waals surface area contributed by atoms with Gasteiger partial charge in [-0.3, -0.25) is 4.98 Å². The van der Waals surface area contributed by atoms with E-state index in [2.05, 4.69) is 18.8 Å². The van der Waals surface area contributed by atoms with Crippen LogP contribution < -0.4 is 10.5 Å². The van der Waals surface area contributed by atoms with Crippen molar-refractivity contribution in [2.45, 2.75) is 45.6 Å². The van der Waals surface area contributed by atoms with Gasteiger partial charge in [0.1, 0.15) is 11.4 Å². The van der Waals surface area contributed by atoms with Crippen molar-refractivity contribution in [3.05, 3.63) is 35.0 Å². The standard InChI is InChI=1S/C20H24N4OS/c1-12(2)15(21)11-25-19-17-14-5-3-4-6-16(14)26-20(17)24-18(23-19)13-7-9-22-10-8-13/h7-10,12,15H,3-6,11,21H2,1-2H3/t15-/m1/s1. The molecule has 3 heterocycles. The summed E-state index contributed by atoms with van der Waals surface area (Å²) >= 11 is 1.79. The Morgan fingerprint density at radius 1 is 1.15 bits per heavy atom. The fraction of sp³-hybridized carbons (Fsp3) is 0.450. The van der Waals surface area contributed by atoms with Gasteiger partial charge in [-0.05, 0) is 49.3 Å². The fourth-order valence-corrected chi connectivity index (χ4v) is 4.48. The van der Waals surface area contributed by atoms with Crippen molar-refractivity contribution < 1.29 is 4.74 Å². The van der Waals surface area contributed by atoms with Crippen molar-refractivity contribution >= 4 is 21.6 Å². The van der Waals surface area contributed by atoms with Crippen LogP contribution in [0.2, 0.25) is 0 Å². The Kier molecular flexibility index (Phi) is 4.87. The lowest BCUT2D eigenvalue weighted by atomic mass is 9.97. The number of hydrogen-bond donors (Lipinski definition) is 1. The molecule has 2 N–H and O–H groups in total. The lowest BCUT2D eigenvalue weighted by Gasteiger charge is -2.17. The third-order valence-electron chi connectivity index (χ3n) is 4.99. The van der Waals surface area contributed by atoms with Crippen molar-refractivity contribution in [1.82, 2.24) is 15.0 Å². The van der Waals surface area contributed by atoms with Crippen molar-refractivity contribution in [2.24, 2.45) is 11.7 Å². The summed E-state index contributed by atoms with van der Waals surface area (Å²) in [6.45, 7) is 4.68. The number of ether oxygens (including phenoxy) is 1. The van der Waals surface area contributed by atoms with Crippen molar-refractivity contribution in [3.8, 4) is 17.3 Å². The maximum Gasteiger partial charge on any atom is 0.226 e. The first-order valence-corrected chi connectivity index (χ1v) is 10.1. The highest BCUT2D eigenvalue weighted by atomic mass is 32.1. The van der Waals surface area contributed by atoms with Gasteiger partial charge in [-0.2, -0.15) is 4.98 Å². The molecule has 1 aliphatic rings. The van der Waals surface area contributed by atoms with Crippen LogP contribution in [0.3, 0.4) is 0 Å². The molecule has 6 heteroatoms. The number of aryl methyl sites for hydroxylation is 2. The minimum atomic E-state index is -0.0150. The number of rotatable bonds is 5. The second-order valence-electron chi connectivity index (χ2n) is 7.20. The summed E-state index contributed by atoms with van der Waals surface area (Å²) in [6, 6.07) is 3.84. The highest BCUT2D eigenvalue weighted by Gasteiger charge is 2.23. The number of pyridine rings is 1. The van der Waals surface area contributed by atoms with E-state index >= 15 is 0 Å². The minimum absolute atomic E-state index is 0.0150. The van der Waals surface area contributed by atoms with Gasteiger partial charge in [-0.25, -0.2) is 4.98 Å².